The summed E-state index contributed by atoms with van der Waals surface area (Å²) in [5, 5.41) is 8.36. The van der Waals surface area contributed by atoms with Crippen LogP contribution in [0.4, 0.5) is 0 Å². The van der Waals surface area contributed by atoms with Crippen molar-refractivity contribution < 1.29 is 9.90 Å². The van der Waals surface area contributed by atoms with Crippen molar-refractivity contribution >= 4 is 5.97 Å². The normalized spacial score (nSPS) is 9.70. The molecule has 5 heteroatoms. The van der Waals surface area contributed by atoms with E-state index in [-0.39, 0.29) is 12.4 Å². The van der Waals surface area contributed by atoms with Crippen molar-refractivity contribution in [2.24, 2.45) is 5.73 Å². The van der Waals surface area contributed by atoms with E-state index in [9.17, 15) is 4.79 Å². The van der Waals surface area contributed by atoms with Gasteiger partial charge < -0.3 is 15.8 Å². The molecule has 0 aliphatic rings. The summed E-state index contributed by atoms with van der Waals surface area (Å²) in [7, 11) is 0. The maximum atomic E-state index is 10.2. The highest BCUT2D eigenvalue weighted by Crippen LogP contribution is 1.94. The zero-order valence-corrected chi connectivity index (χ0v) is 5.16. The molecule has 0 radical (unpaired) electrons. The van der Waals surface area contributed by atoms with Crippen molar-refractivity contribution in [3.8, 4) is 0 Å². The Labute approximate surface area is 56.9 Å². The van der Waals surface area contributed by atoms with E-state index in [4.69, 9.17) is 10.8 Å². The fraction of sp³-hybridized carbons (Fsp3) is 0.200. The van der Waals surface area contributed by atoms with Crippen LogP contribution in [0.1, 0.15) is 16.3 Å². The van der Waals surface area contributed by atoms with Gasteiger partial charge in [0.1, 0.15) is 0 Å². The van der Waals surface area contributed by atoms with Gasteiger partial charge >= 0.3 is 5.97 Å². The van der Waals surface area contributed by atoms with Crippen LogP contribution in [-0.2, 0) is 6.54 Å². The van der Waals surface area contributed by atoms with Gasteiger partial charge in [-0.3, -0.25) is 0 Å². The summed E-state index contributed by atoms with van der Waals surface area (Å²) in [5.41, 5.74) is 5.74. The number of H-pyrrole nitrogens is 1. The van der Waals surface area contributed by atoms with E-state index in [0.717, 1.165) is 0 Å². The molecular weight excluding hydrogens is 134 g/mol. The summed E-state index contributed by atoms with van der Waals surface area (Å²) in [6.07, 6.45) is 1.48. The monoisotopic (exact) mass is 141 g/mol. The molecule has 0 amide bonds. The smallest absolute Gasteiger partial charge is 0.371 e. The number of rotatable bonds is 2. The number of nitrogens with one attached hydrogen (secondary N) is 1. The van der Waals surface area contributed by atoms with Crippen LogP contribution in [0.25, 0.3) is 0 Å². The van der Waals surface area contributed by atoms with E-state index in [1.165, 1.54) is 6.20 Å². The third-order valence-corrected chi connectivity index (χ3v) is 1.04. The van der Waals surface area contributed by atoms with Crippen molar-refractivity contribution in [3.05, 3.63) is 17.7 Å². The van der Waals surface area contributed by atoms with Crippen molar-refractivity contribution in [1.82, 2.24) is 9.97 Å². The summed E-state index contributed by atoms with van der Waals surface area (Å²) in [6, 6.07) is 0. The molecule has 0 fully saturated rings. The molecule has 0 saturated carbocycles. The van der Waals surface area contributed by atoms with Gasteiger partial charge in [-0.15, -0.1) is 0 Å². The molecule has 0 atom stereocenters. The van der Waals surface area contributed by atoms with Crippen LogP contribution in [0.3, 0.4) is 0 Å². The minimum absolute atomic E-state index is 0.0690. The Balaban J connectivity index is 2.88. The number of imidazole rings is 1. The summed E-state index contributed by atoms with van der Waals surface area (Å²) in [4.78, 5) is 16.3. The Morgan fingerprint density at radius 1 is 1.90 bits per heavy atom. The van der Waals surface area contributed by atoms with Gasteiger partial charge in [0.05, 0.1) is 5.69 Å². The zero-order chi connectivity index (χ0) is 7.56. The van der Waals surface area contributed by atoms with Crippen LogP contribution < -0.4 is 5.73 Å². The summed E-state index contributed by atoms with van der Waals surface area (Å²) < 4.78 is 0. The Morgan fingerprint density at radius 2 is 2.60 bits per heavy atom. The van der Waals surface area contributed by atoms with Crippen molar-refractivity contribution in [3.63, 3.8) is 0 Å². The van der Waals surface area contributed by atoms with Gasteiger partial charge in [-0.25, -0.2) is 9.78 Å². The fourth-order valence-corrected chi connectivity index (χ4v) is 0.574. The molecule has 1 rings (SSSR count). The number of carboxylic acid groups (broad SMARTS) is 1. The van der Waals surface area contributed by atoms with E-state index >= 15 is 0 Å². The second kappa shape index (κ2) is 2.49. The average Bonchev–Trinajstić information content (AvgIpc) is 2.34. The molecule has 0 spiro atoms. The molecule has 0 aromatic carbocycles. The molecule has 10 heavy (non-hydrogen) atoms. The Bertz CT molecular complexity index is 243. The molecule has 0 aliphatic carbocycles. The van der Waals surface area contributed by atoms with E-state index in [1.54, 1.807) is 0 Å². The molecular formula is C5H7N3O2. The lowest BCUT2D eigenvalue weighted by molar-refractivity contribution is 0.0684. The first kappa shape index (κ1) is 6.76. The first-order valence-electron chi connectivity index (χ1n) is 2.71. The first-order chi connectivity index (χ1) is 4.74. The molecule has 0 unspecified atom stereocenters. The SMILES string of the molecule is NCc1c[nH]c(C(=O)O)n1. The number of aromatic carboxylic acids is 1. The largest absolute Gasteiger partial charge is 0.475 e. The maximum Gasteiger partial charge on any atom is 0.371 e. The summed E-state index contributed by atoms with van der Waals surface area (Å²) in [6.45, 7) is 0.254. The Morgan fingerprint density at radius 3 is 2.90 bits per heavy atom. The molecule has 1 aromatic rings. The third-order valence-electron chi connectivity index (χ3n) is 1.04. The number of carbonyl (C=O) groups is 1. The minimum atomic E-state index is -1.07. The third kappa shape index (κ3) is 1.14. The standard InChI is InChI=1S/C5H7N3O2/c6-1-3-2-7-4(8-3)5(9)10/h2H,1,6H2,(H,7,8)(H,9,10). The highest BCUT2D eigenvalue weighted by Gasteiger charge is 2.05. The molecule has 1 heterocycles. The Kier molecular flexibility index (Phi) is 1.68. The second-order valence-corrected chi connectivity index (χ2v) is 1.75. The van der Waals surface area contributed by atoms with Crippen LogP contribution >= 0.6 is 0 Å². The van der Waals surface area contributed by atoms with Crippen molar-refractivity contribution in [1.29, 1.82) is 0 Å². The molecule has 5 nitrogen and oxygen atoms in total. The van der Waals surface area contributed by atoms with Gasteiger partial charge in [-0.1, -0.05) is 0 Å². The number of aromatic nitrogens is 2. The predicted molar refractivity (Wildman–Crippen MR) is 33.4 cm³/mol. The highest BCUT2D eigenvalue weighted by molar-refractivity contribution is 5.83. The first-order valence-corrected chi connectivity index (χ1v) is 2.71. The van der Waals surface area contributed by atoms with Crippen LogP contribution in [-0.4, -0.2) is 21.0 Å². The lowest BCUT2D eigenvalue weighted by atomic mass is 10.5. The van der Waals surface area contributed by atoms with Gasteiger partial charge in [0.15, 0.2) is 0 Å². The van der Waals surface area contributed by atoms with Gasteiger partial charge in [0.25, 0.3) is 0 Å². The van der Waals surface area contributed by atoms with Gasteiger partial charge in [-0.2, -0.15) is 0 Å². The van der Waals surface area contributed by atoms with Gasteiger partial charge in [0.2, 0.25) is 5.82 Å². The molecule has 1 aromatic heterocycles. The van der Waals surface area contributed by atoms with E-state index in [1.807, 2.05) is 0 Å². The van der Waals surface area contributed by atoms with Crippen LogP contribution in [0.5, 0.6) is 0 Å². The molecule has 0 saturated heterocycles. The quantitative estimate of drug-likeness (QED) is 0.521. The zero-order valence-electron chi connectivity index (χ0n) is 5.16. The second-order valence-electron chi connectivity index (χ2n) is 1.75. The van der Waals surface area contributed by atoms with Crippen LogP contribution in [0.2, 0.25) is 0 Å². The molecule has 0 bridgehead atoms. The Hall–Kier alpha value is -1.36. The minimum Gasteiger partial charge on any atom is -0.475 e. The van der Waals surface area contributed by atoms with E-state index in [0.29, 0.717) is 5.69 Å². The number of hydrogen-bond acceptors (Lipinski definition) is 3. The number of aromatic amines is 1. The van der Waals surface area contributed by atoms with Gasteiger partial charge in [0, 0.05) is 12.7 Å². The predicted octanol–water partition coefficient (Wildman–Crippen LogP) is -0.433. The number of hydrogen-bond donors (Lipinski definition) is 3. The number of carboxylic acids is 1. The highest BCUT2D eigenvalue weighted by atomic mass is 16.4. The van der Waals surface area contributed by atoms with E-state index < -0.39 is 5.97 Å². The molecule has 4 N–H and O–H groups in total. The van der Waals surface area contributed by atoms with Crippen LogP contribution in [0, 0.1) is 0 Å². The average molecular weight is 141 g/mol. The fourth-order valence-electron chi connectivity index (χ4n) is 0.574. The van der Waals surface area contributed by atoms with E-state index in [2.05, 4.69) is 9.97 Å². The van der Waals surface area contributed by atoms with Crippen molar-refractivity contribution in [2.45, 2.75) is 6.54 Å². The van der Waals surface area contributed by atoms with Gasteiger partial charge in [-0.05, 0) is 0 Å². The topological polar surface area (TPSA) is 92.0 Å². The lowest BCUT2D eigenvalue weighted by Crippen LogP contribution is -2.00. The number of nitrogens with two attached hydrogens (primary N) is 1. The maximum absolute atomic E-state index is 10.2. The van der Waals surface area contributed by atoms with Crippen LogP contribution in [0.15, 0.2) is 6.20 Å². The summed E-state index contributed by atoms with van der Waals surface area (Å²) >= 11 is 0. The summed E-state index contributed by atoms with van der Waals surface area (Å²) in [5.74, 6) is -1.14. The molecule has 0 aliphatic heterocycles. The lowest BCUT2D eigenvalue weighted by Gasteiger charge is -1.82. The van der Waals surface area contributed by atoms with Crippen molar-refractivity contribution in [2.75, 3.05) is 0 Å². The number of nitrogens with zero attached hydrogens (tertiary/aromatic N) is 1. The molecule has 54 valence electrons.